The van der Waals surface area contributed by atoms with Crippen LogP contribution in [0.4, 0.5) is 30.8 Å². The molecule has 0 saturated carbocycles. The molecule has 45 heavy (non-hydrogen) atoms. The molecule has 1 amide bonds. The van der Waals surface area contributed by atoms with Crippen LogP contribution in [0.3, 0.4) is 0 Å². The van der Waals surface area contributed by atoms with Crippen molar-refractivity contribution in [3.63, 3.8) is 0 Å². The van der Waals surface area contributed by atoms with Gasteiger partial charge in [0.15, 0.2) is 12.4 Å². The third-order valence-electron chi connectivity index (χ3n) is 7.64. The van der Waals surface area contributed by atoms with Crippen LogP contribution in [-0.4, -0.2) is 95.0 Å². The van der Waals surface area contributed by atoms with E-state index in [4.69, 9.17) is 4.74 Å². The maximum Gasteiger partial charge on any atom is 0.422 e. The third-order valence-corrected chi connectivity index (χ3v) is 7.64. The van der Waals surface area contributed by atoms with Crippen LogP contribution >= 0.6 is 0 Å². The molecule has 0 aliphatic carbocycles. The van der Waals surface area contributed by atoms with E-state index in [-0.39, 0.29) is 30.1 Å². The highest BCUT2D eigenvalue weighted by molar-refractivity contribution is 5.96. The first-order valence-electron chi connectivity index (χ1n) is 15.1. The summed E-state index contributed by atoms with van der Waals surface area (Å²) in [5, 5.41) is 8.87. The number of alkyl halides is 3. The predicted molar refractivity (Wildman–Crippen MR) is 163 cm³/mol. The number of piperazine rings is 1. The van der Waals surface area contributed by atoms with Gasteiger partial charge in [0.05, 0.1) is 0 Å². The van der Waals surface area contributed by atoms with E-state index in [0.29, 0.717) is 29.8 Å². The molecule has 240 valence electrons. The number of ketones is 1. The highest BCUT2D eigenvalue weighted by Gasteiger charge is 2.29. The van der Waals surface area contributed by atoms with Gasteiger partial charge in [-0.2, -0.15) is 28.1 Å². The smallest absolute Gasteiger partial charge is 0.422 e. The average molecular weight is 627 g/mol. The first-order chi connectivity index (χ1) is 21.7. The molecule has 5 aliphatic rings. The fourth-order valence-corrected chi connectivity index (χ4v) is 5.13. The minimum atomic E-state index is -4.58. The SMILES string of the molecule is O=C1CCCCN2CCN(CCCNC(=O)c3ccc(cc3)Nc3nc(nc(OCC(F)(F)F)n3)NCc3ccc1cc3)CC2. The molecule has 5 aliphatic heterocycles. The standard InChI is InChI=1S/C31H37F3N8O3/c32-31(33,34)21-45-30-39-28-36-20-22-5-7-23(8-6-22)26(43)4-1-2-14-41-16-18-42(19-17-41)15-3-13-35-27(44)24-9-11-25(12-10-24)37-29(38-28)40-30/h5-12H,1-4,13-21H2,(H,35,44)(H2,36,37,38,39,40). The molecule has 0 atom stereocenters. The van der Waals surface area contributed by atoms with Crippen molar-refractivity contribution in [3.8, 4) is 6.01 Å². The summed E-state index contributed by atoms with van der Waals surface area (Å²) in [4.78, 5) is 42.5. The molecule has 3 aromatic rings. The van der Waals surface area contributed by atoms with Crippen molar-refractivity contribution in [2.45, 2.75) is 38.4 Å². The van der Waals surface area contributed by atoms with E-state index in [1.807, 2.05) is 12.1 Å². The number of anilines is 3. The molecular formula is C31H37F3N8O3. The number of ether oxygens (including phenoxy) is 1. The van der Waals surface area contributed by atoms with Gasteiger partial charge in [0.25, 0.3) is 5.91 Å². The Kier molecular flexibility index (Phi) is 10.8. The van der Waals surface area contributed by atoms with Gasteiger partial charge in [-0.25, -0.2) is 0 Å². The number of fused-ring (bicyclic) bond motifs is 3. The second-order valence-corrected chi connectivity index (χ2v) is 11.1. The third kappa shape index (κ3) is 10.1. The van der Waals surface area contributed by atoms with Gasteiger partial charge in [0.1, 0.15) is 0 Å². The quantitative estimate of drug-likeness (QED) is 0.380. The lowest BCUT2D eigenvalue weighted by Crippen LogP contribution is -2.47. The normalized spacial score (nSPS) is 20.4. The predicted octanol–water partition coefficient (Wildman–Crippen LogP) is 4.27. The van der Waals surface area contributed by atoms with E-state index in [2.05, 4.69) is 40.7 Å². The zero-order valence-corrected chi connectivity index (χ0v) is 24.9. The summed E-state index contributed by atoms with van der Waals surface area (Å²) in [6.45, 7) is 5.09. The largest absolute Gasteiger partial charge is 0.454 e. The number of amides is 1. The second kappa shape index (κ2) is 15.1. The van der Waals surface area contributed by atoms with Crippen LogP contribution in [0.15, 0.2) is 48.5 Å². The fraction of sp³-hybridized carbons (Fsp3) is 0.452. The zero-order valence-electron chi connectivity index (χ0n) is 24.9. The summed E-state index contributed by atoms with van der Waals surface area (Å²) >= 11 is 0. The van der Waals surface area contributed by atoms with Gasteiger partial charge in [0, 0.05) is 62.5 Å². The molecule has 14 heteroatoms. The van der Waals surface area contributed by atoms with Crippen molar-refractivity contribution in [1.29, 1.82) is 0 Å². The monoisotopic (exact) mass is 626 g/mol. The lowest BCUT2D eigenvalue weighted by atomic mass is 10.0. The van der Waals surface area contributed by atoms with Crippen molar-refractivity contribution in [2.75, 3.05) is 63.1 Å². The molecule has 3 N–H and O–H groups in total. The van der Waals surface area contributed by atoms with Gasteiger partial charge in [-0.1, -0.05) is 24.3 Å². The first-order valence-corrected chi connectivity index (χ1v) is 15.1. The van der Waals surface area contributed by atoms with Crippen LogP contribution in [0.1, 0.15) is 52.0 Å². The van der Waals surface area contributed by atoms with Gasteiger partial charge in [-0.15, -0.1) is 0 Å². The fourth-order valence-electron chi connectivity index (χ4n) is 5.13. The molecule has 1 fully saturated rings. The van der Waals surface area contributed by atoms with E-state index in [9.17, 15) is 22.8 Å². The Morgan fingerprint density at radius 1 is 0.733 bits per heavy atom. The van der Waals surface area contributed by atoms with Crippen molar-refractivity contribution < 1.29 is 27.5 Å². The number of hydrogen-bond acceptors (Lipinski definition) is 10. The van der Waals surface area contributed by atoms with Gasteiger partial charge >= 0.3 is 12.2 Å². The molecule has 0 spiro atoms. The van der Waals surface area contributed by atoms with Crippen LogP contribution < -0.4 is 20.7 Å². The van der Waals surface area contributed by atoms with Crippen molar-refractivity contribution >= 4 is 29.3 Å². The van der Waals surface area contributed by atoms with Gasteiger partial charge < -0.3 is 30.5 Å². The maximum atomic E-state index is 12.8. The Labute approximate surface area is 259 Å². The number of benzene rings is 2. The van der Waals surface area contributed by atoms with E-state index >= 15 is 0 Å². The van der Waals surface area contributed by atoms with Crippen molar-refractivity contribution in [2.24, 2.45) is 0 Å². The topological polar surface area (TPSA) is 125 Å². The molecule has 0 unspecified atom stereocenters. The van der Waals surface area contributed by atoms with Crippen molar-refractivity contribution in [1.82, 2.24) is 30.1 Å². The molecule has 8 bridgehead atoms. The number of aromatic nitrogens is 3. The minimum Gasteiger partial charge on any atom is -0.454 e. The number of halogens is 3. The summed E-state index contributed by atoms with van der Waals surface area (Å²) in [6.07, 6.45) is -1.48. The lowest BCUT2D eigenvalue weighted by molar-refractivity contribution is -0.154. The molecule has 11 nitrogen and oxygen atoms in total. The Bertz CT molecular complexity index is 1430. The van der Waals surface area contributed by atoms with Crippen LogP contribution in [-0.2, 0) is 6.54 Å². The summed E-state index contributed by atoms with van der Waals surface area (Å²) < 4.78 is 43.3. The molecule has 6 heterocycles. The Balaban J connectivity index is 1.31. The first kappa shape index (κ1) is 32.1. The van der Waals surface area contributed by atoms with Crippen LogP contribution in [0.25, 0.3) is 0 Å². The Morgan fingerprint density at radius 2 is 1.38 bits per heavy atom. The lowest BCUT2D eigenvalue weighted by Gasteiger charge is -2.34. The summed E-state index contributed by atoms with van der Waals surface area (Å²) in [6, 6.07) is 13.2. The highest BCUT2D eigenvalue weighted by Crippen LogP contribution is 2.21. The molecule has 1 aromatic heterocycles. The summed E-state index contributed by atoms with van der Waals surface area (Å²) in [5.74, 6) is -0.153. The summed E-state index contributed by atoms with van der Waals surface area (Å²) in [5.41, 5.74) is 2.44. The zero-order chi connectivity index (χ0) is 31.6. The number of carbonyl (C=O) groups excluding carboxylic acids is 2. The number of nitrogens with zero attached hydrogens (tertiary/aromatic N) is 5. The van der Waals surface area contributed by atoms with E-state index in [0.717, 1.165) is 64.1 Å². The average Bonchev–Trinajstić information content (AvgIpc) is 3.03. The number of hydrogen-bond donors (Lipinski definition) is 3. The number of nitrogens with one attached hydrogen (secondary N) is 3. The van der Waals surface area contributed by atoms with Crippen LogP contribution in [0.5, 0.6) is 6.01 Å². The molecular weight excluding hydrogens is 589 g/mol. The number of carbonyl (C=O) groups is 2. The highest BCUT2D eigenvalue weighted by atomic mass is 19.4. The minimum absolute atomic E-state index is 0.00486. The van der Waals surface area contributed by atoms with Crippen LogP contribution in [0.2, 0.25) is 0 Å². The molecule has 2 aromatic carbocycles. The number of rotatable bonds is 2. The Morgan fingerprint density at radius 3 is 2.07 bits per heavy atom. The van der Waals surface area contributed by atoms with E-state index in [1.54, 1.807) is 36.4 Å². The van der Waals surface area contributed by atoms with Gasteiger partial charge in [-0.05, 0) is 62.2 Å². The Hall–Kier alpha value is -4.30. The number of Topliss-reactive ketones (excluding diaryl/α,β-unsaturated/α-hetero) is 1. The molecule has 8 rings (SSSR count). The summed E-state index contributed by atoms with van der Waals surface area (Å²) in [7, 11) is 0. The maximum absolute atomic E-state index is 12.8. The molecule has 1 saturated heterocycles. The van der Waals surface area contributed by atoms with Gasteiger partial charge in [0.2, 0.25) is 11.9 Å². The van der Waals surface area contributed by atoms with E-state index in [1.165, 1.54) is 0 Å². The second-order valence-electron chi connectivity index (χ2n) is 11.1. The van der Waals surface area contributed by atoms with Crippen LogP contribution in [0, 0.1) is 0 Å². The van der Waals surface area contributed by atoms with Crippen molar-refractivity contribution in [3.05, 3.63) is 65.2 Å². The van der Waals surface area contributed by atoms with Gasteiger partial charge in [-0.3, -0.25) is 9.59 Å². The van der Waals surface area contributed by atoms with E-state index < -0.39 is 18.8 Å². The molecule has 0 radical (unpaired) electrons.